The molecule has 0 bridgehead atoms. The van der Waals surface area contributed by atoms with Crippen molar-refractivity contribution in [2.45, 2.75) is 13.8 Å². The smallest absolute Gasteiger partial charge is 0.148 e. The van der Waals surface area contributed by atoms with Gasteiger partial charge in [0.2, 0.25) is 0 Å². The summed E-state index contributed by atoms with van der Waals surface area (Å²) >= 11 is 0. The van der Waals surface area contributed by atoms with E-state index in [0.717, 1.165) is 12.1 Å². The van der Waals surface area contributed by atoms with Crippen molar-refractivity contribution in [2.24, 2.45) is 0 Å². The van der Waals surface area contributed by atoms with E-state index in [9.17, 15) is 5.48 Å². The molecule has 0 aromatic heterocycles. The van der Waals surface area contributed by atoms with Crippen LogP contribution in [0.5, 0.6) is 0 Å². The number of anilines is 6. The molecule has 0 aliphatic rings. The molecule has 0 atom stereocenters. The molecule has 0 N–H and O–H groups in total. The lowest BCUT2D eigenvalue weighted by Gasteiger charge is -2.32. The summed E-state index contributed by atoms with van der Waals surface area (Å²) < 4.78 is 212. The predicted molar refractivity (Wildman–Crippen MR) is 291 cm³/mol. The lowest BCUT2D eigenvalue weighted by atomic mass is 9.90. The SMILES string of the molecule is [2H]c1c([2H])c([2H])c(-c2cc(F)c(N(c3cccc(C)c3)c3ccc4ccc5c(N(c6cccc(C)c6)c6c(F)cc(-c7c([2H])c([2H])c([2H])c([2H])c7[2H])cc6-c6c([2H])c([2H])c([2H])c([2H])c6[2H])ccc6ccc3c4c65)c(-c3c([2H])c([2H])c([2H])c([2H])c3[2H])c2)c([2H])c1[2H]. The maximum absolute atomic E-state index is 18.4. The van der Waals surface area contributed by atoms with Gasteiger partial charge in [0.25, 0.3) is 0 Å². The van der Waals surface area contributed by atoms with Crippen LogP contribution in [0.3, 0.4) is 0 Å². The maximum Gasteiger partial charge on any atom is 0.148 e. The first-order chi connectivity index (χ1) is 42.7. The highest BCUT2D eigenvalue weighted by atomic mass is 19.1. The third-order valence-electron chi connectivity index (χ3n) is 12.3. The molecule has 0 heterocycles. The van der Waals surface area contributed by atoms with Crippen molar-refractivity contribution in [3.8, 4) is 44.5 Å². The number of hydrogen-bond donors (Lipinski definition) is 0. The van der Waals surface area contributed by atoms with Gasteiger partial charge in [0.15, 0.2) is 0 Å². The molecule has 0 spiro atoms. The van der Waals surface area contributed by atoms with E-state index in [-0.39, 0.29) is 45.0 Å². The van der Waals surface area contributed by atoms with Crippen LogP contribution >= 0.6 is 0 Å². The molecule has 0 unspecified atom stereocenters. The Morgan fingerprint density at radius 1 is 0.357 bits per heavy atom. The standard InChI is InChI=1S/C66H46F2N2/c1-43-17-15-27-53(37-43)69(65-57(47-23-11-5-12-24-47)39-51(41-59(65)67)45-19-7-3-8-20-45)61-35-31-49-30-34-56-62(36-32-50-29-33-55(61)63(49)64(50)56)70(54-28-16-18-44(2)38-54)66-58(48-25-13-6-14-26-48)40-52(42-60(66)68)46-21-9-4-10-22-46/h3-42H,1-2H3/i3D,4D,5D,6D,7D,8D,9D,10D,11D,12D,13D,14D,19D,20D,21D,22D,23D,24D,25D,26D. The lowest BCUT2D eigenvalue weighted by Crippen LogP contribution is -2.15. The van der Waals surface area contributed by atoms with Crippen molar-refractivity contribution in [1.29, 1.82) is 0 Å². The van der Waals surface area contributed by atoms with Gasteiger partial charge >= 0.3 is 0 Å². The minimum atomic E-state index is -1.08. The first-order valence-corrected chi connectivity index (χ1v) is 22.1. The fraction of sp³-hybridized carbons (Fsp3) is 0.0303. The molecule has 4 heteroatoms. The Kier molecular flexibility index (Phi) is 6.57. The molecule has 334 valence electrons. The molecule has 0 saturated heterocycles. The minimum absolute atomic E-state index is 0.254. The van der Waals surface area contributed by atoms with Crippen LogP contribution < -0.4 is 9.80 Å². The third-order valence-corrected chi connectivity index (χ3v) is 12.3. The van der Waals surface area contributed by atoms with E-state index < -0.39 is 155 Å². The maximum atomic E-state index is 18.4. The monoisotopic (exact) mass is 924 g/mol. The van der Waals surface area contributed by atoms with E-state index in [2.05, 4.69) is 0 Å². The van der Waals surface area contributed by atoms with Gasteiger partial charge in [0, 0.05) is 33.3 Å². The van der Waals surface area contributed by atoms with E-state index in [0.29, 0.717) is 54.8 Å². The van der Waals surface area contributed by atoms with Crippen LogP contribution in [-0.4, -0.2) is 0 Å². The first-order valence-electron chi connectivity index (χ1n) is 32.1. The molecule has 12 rings (SSSR count). The summed E-state index contributed by atoms with van der Waals surface area (Å²) in [4.78, 5) is 3.05. The van der Waals surface area contributed by atoms with Crippen molar-refractivity contribution in [3.63, 3.8) is 0 Å². The van der Waals surface area contributed by atoms with Gasteiger partial charge in [-0.25, -0.2) is 8.78 Å². The van der Waals surface area contributed by atoms with Gasteiger partial charge in [-0.2, -0.15) is 0 Å². The van der Waals surface area contributed by atoms with E-state index in [4.69, 9.17) is 21.9 Å². The second-order valence-corrected chi connectivity index (χ2v) is 16.6. The molecule has 2 nitrogen and oxygen atoms in total. The summed E-state index contributed by atoms with van der Waals surface area (Å²) in [5, 5.41) is 3.34. The number of hydrogen-bond acceptors (Lipinski definition) is 2. The quantitative estimate of drug-likeness (QED) is 0.126. The molecule has 0 radical (unpaired) electrons. The van der Waals surface area contributed by atoms with Gasteiger partial charge in [-0.15, -0.1) is 0 Å². The zero-order valence-corrected chi connectivity index (χ0v) is 37.2. The Balaban J connectivity index is 1.18. The Morgan fingerprint density at radius 2 is 0.714 bits per heavy atom. The molecule has 70 heavy (non-hydrogen) atoms. The normalized spacial score (nSPS) is 15.4. The zero-order valence-electron chi connectivity index (χ0n) is 57.2. The Hall–Kier alpha value is -8.86. The Labute approximate surface area is 435 Å². The second-order valence-electron chi connectivity index (χ2n) is 16.6. The van der Waals surface area contributed by atoms with Crippen LogP contribution in [0.25, 0.3) is 76.8 Å². The van der Waals surface area contributed by atoms with E-state index in [1.807, 2.05) is 12.1 Å². The topological polar surface area (TPSA) is 6.48 Å². The number of rotatable bonds is 10. The number of halogens is 2. The molecule has 0 amide bonds. The van der Waals surface area contributed by atoms with Crippen molar-refractivity contribution in [2.75, 3.05) is 9.80 Å². The highest BCUT2D eigenvalue weighted by Crippen LogP contribution is 2.52. The minimum Gasteiger partial charge on any atom is -0.307 e. The molecule has 12 aromatic carbocycles. The van der Waals surface area contributed by atoms with Crippen molar-refractivity contribution < 1.29 is 36.2 Å². The molecule has 12 aromatic rings. The molecule has 0 aliphatic carbocycles. The lowest BCUT2D eigenvalue weighted by molar-refractivity contribution is 0.629. The molecule has 0 aliphatic heterocycles. The Bertz CT molecular complexity index is 4680. The van der Waals surface area contributed by atoms with Gasteiger partial charge < -0.3 is 9.80 Å². The van der Waals surface area contributed by atoms with Crippen molar-refractivity contribution in [3.05, 3.63) is 265 Å². The van der Waals surface area contributed by atoms with Gasteiger partial charge in [0.1, 0.15) is 11.6 Å². The van der Waals surface area contributed by atoms with Crippen LogP contribution in [0.15, 0.2) is 242 Å². The first kappa shape index (κ1) is 26.0. The highest BCUT2D eigenvalue weighted by Gasteiger charge is 2.28. The largest absolute Gasteiger partial charge is 0.307 e. The summed E-state index contributed by atoms with van der Waals surface area (Å²) in [6, 6.07) is 18.2. The molecular weight excluding hydrogens is 859 g/mol. The number of nitrogens with zero attached hydrogens (tertiary/aromatic N) is 2. The zero-order chi connectivity index (χ0) is 64.7. The van der Waals surface area contributed by atoms with E-state index in [1.54, 1.807) is 98.8 Å². The summed E-state index contributed by atoms with van der Waals surface area (Å²) in [5.41, 5.74) is -0.938. The van der Waals surface area contributed by atoms with Gasteiger partial charge in [-0.1, -0.05) is 182 Å². The number of benzene rings is 12. The van der Waals surface area contributed by atoms with Crippen LogP contribution in [0, 0.1) is 25.5 Å². The second kappa shape index (κ2) is 17.7. The fourth-order valence-electron chi connectivity index (χ4n) is 9.35. The fourth-order valence-corrected chi connectivity index (χ4v) is 9.35. The summed E-state index contributed by atoms with van der Waals surface area (Å²) in [6.45, 7) is 3.60. The van der Waals surface area contributed by atoms with Crippen molar-refractivity contribution in [1.82, 2.24) is 0 Å². The van der Waals surface area contributed by atoms with Crippen LogP contribution in [0.4, 0.5) is 42.9 Å². The average molecular weight is 925 g/mol. The molecular formula is C66H46F2N2. The van der Waals surface area contributed by atoms with Crippen LogP contribution in [0.2, 0.25) is 0 Å². The van der Waals surface area contributed by atoms with Gasteiger partial charge in [-0.3, -0.25) is 0 Å². The van der Waals surface area contributed by atoms with Gasteiger partial charge in [0.05, 0.1) is 50.2 Å². The summed E-state index contributed by atoms with van der Waals surface area (Å²) in [6.07, 6.45) is 0. The van der Waals surface area contributed by atoms with E-state index >= 15 is 8.78 Å². The van der Waals surface area contributed by atoms with Crippen molar-refractivity contribution >= 4 is 66.4 Å². The van der Waals surface area contributed by atoms with Crippen LogP contribution in [-0.2, 0) is 0 Å². The average Bonchev–Trinajstić information content (AvgIpc) is 0.721. The predicted octanol–water partition coefficient (Wildman–Crippen LogP) is 19.1. The molecule has 0 fully saturated rings. The summed E-state index contributed by atoms with van der Waals surface area (Å²) in [7, 11) is 0. The summed E-state index contributed by atoms with van der Waals surface area (Å²) in [5.74, 6) is -2.17. The van der Waals surface area contributed by atoms with E-state index in [1.165, 1.54) is 21.9 Å². The highest BCUT2D eigenvalue weighted by molar-refractivity contribution is 6.28. The van der Waals surface area contributed by atoms with Gasteiger partial charge in [-0.05, 0) is 141 Å². The third kappa shape index (κ3) is 7.51. The number of aryl methyl sites for hydroxylation is 2. The molecule has 0 saturated carbocycles. The van der Waals surface area contributed by atoms with Crippen LogP contribution in [0.1, 0.15) is 38.5 Å². The Morgan fingerprint density at radius 3 is 1.09 bits per heavy atom.